The molecule has 0 bridgehead atoms. The highest BCUT2D eigenvalue weighted by Gasteiger charge is 2.05. The predicted octanol–water partition coefficient (Wildman–Crippen LogP) is 3.81. The fraction of sp³-hybridized carbons (Fsp3) is 0.143. The first-order valence-corrected chi connectivity index (χ1v) is 6.03. The first-order valence-electron chi connectivity index (χ1n) is 5.65. The Morgan fingerprint density at radius 1 is 1.26 bits per heavy atom. The van der Waals surface area contributed by atoms with Crippen LogP contribution in [-0.4, -0.2) is 12.2 Å². The van der Waals surface area contributed by atoms with Crippen LogP contribution in [0.5, 0.6) is 11.5 Å². The Labute approximate surface area is 115 Å². The molecule has 0 fully saturated rings. The zero-order chi connectivity index (χ0) is 13.8. The van der Waals surface area contributed by atoms with Crippen molar-refractivity contribution in [2.75, 3.05) is 12.4 Å². The number of anilines is 1. The molecule has 5 heteroatoms. The SMILES string of the molecule is COc1ccc(CNc2ccc(Cl)cc2F)cc1O. The molecule has 0 aliphatic carbocycles. The second kappa shape index (κ2) is 5.80. The predicted molar refractivity (Wildman–Crippen MR) is 73.4 cm³/mol. The number of benzene rings is 2. The average molecular weight is 282 g/mol. The van der Waals surface area contributed by atoms with Gasteiger partial charge in [0.05, 0.1) is 12.8 Å². The fourth-order valence-corrected chi connectivity index (χ4v) is 1.83. The minimum Gasteiger partial charge on any atom is -0.504 e. The van der Waals surface area contributed by atoms with E-state index in [-0.39, 0.29) is 5.75 Å². The molecule has 0 unspecified atom stereocenters. The van der Waals surface area contributed by atoms with E-state index in [1.54, 1.807) is 30.3 Å². The molecule has 0 atom stereocenters. The Balaban J connectivity index is 2.08. The summed E-state index contributed by atoms with van der Waals surface area (Å²) in [5, 5.41) is 12.9. The highest BCUT2D eigenvalue weighted by molar-refractivity contribution is 6.30. The minimum absolute atomic E-state index is 0.0541. The number of halogens is 2. The lowest BCUT2D eigenvalue weighted by Gasteiger charge is -2.09. The van der Waals surface area contributed by atoms with E-state index in [1.807, 2.05) is 0 Å². The van der Waals surface area contributed by atoms with E-state index in [9.17, 15) is 9.50 Å². The molecule has 0 aliphatic rings. The number of phenols is 1. The summed E-state index contributed by atoms with van der Waals surface area (Å²) in [6.07, 6.45) is 0. The van der Waals surface area contributed by atoms with Crippen LogP contribution in [0.4, 0.5) is 10.1 Å². The van der Waals surface area contributed by atoms with Crippen molar-refractivity contribution >= 4 is 17.3 Å². The standard InChI is InChI=1S/C14H13ClFNO2/c1-19-14-5-2-9(6-13(14)18)8-17-12-4-3-10(15)7-11(12)16/h2-7,17-18H,8H2,1H3. The molecule has 0 radical (unpaired) electrons. The van der Waals surface area contributed by atoms with Gasteiger partial charge in [-0.2, -0.15) is 0 Å². The molecular weight excluding hydrogens is 269 g/mol. The topological polar surface area (TPSA) is 41.5 Å². The van der Waals surface area contributed by atoms with Gasteiger partial charge in [0.2, 0.25) is 0 Å². The quantitative estimate of drug-likeness (QED) is 0.895. The summed E-state index contributed by atoms with van der Waals surface area (Å²) < 4.78 is 18.5. The third kappa shape index (κ3) is 3.29. The number of aromatic hydroxyl groups is 1. The van der Waals surface area contributed by atoms with Gasteiger partial charge in [-0.3, -0.25) is 0 Å². The van der Waals surface area contributed by atoms with Crippen molar-refractivity contribution in [2.24, 2.45) is 0 Å². The van der Waals surface area contributed by atoms with Crippen LogP contribution in [0.25, 0.3) is 0 Å². The smallest absolute Gasteiger partial charge is 0.160 e. The molecular formula is C14H13ClFNO2. The highest BCUT2D eigenvalue weighted by atomic mass is 35.5. The molecule has 100 valence electrons. The summed E-state index contributed by atoms with van der Waals surface area (Å²) in [4.78, 5) is 0. The molecule has 3 nitrogen and oxygen atoms in total. The van der Waals surface area contributed by atoms with Crippen LogP contribution in [0, 0.1) is 5.82 Å². The molecule has 2 rings (SSSR count). The van der Waals surface area contributed by atoms with E-state index in [0.717, 1.165) is 5.56 Å². The summed E-state index contributed by atoms with van der Waals surface area (Å²) in [5.41, 5.74) is 1.17. The molecule has 2 aromatic carbocycles. The minimum atomic E-state index is -0.412. The number of nitrogens with one attached hydrogen (secondary N) is 1. The molecule has 0 spiro atoms. The van der Waals surface area contributed by atoms with Crippen molar-refractivity contribution in [1.29, 1.82) is 0 Å². The molecule has 0 saturated heterocycles. The van der Waals surface area contributed by atoms with Gasteiger partial charge in [-0.05, 0) is 35.9 Å². The Morgan fingerprint density at radius 2 is 2.05 bits per heavy atom. The number of hydrogen-bond donors (Lipinski definition) is 2. The summed E-state index contributed by atoms with van der Waals surface area (Å²) in [5.74, 6) is 0.0463. The van der Waals surface area contributed by atoms with Gasteiger partial charge in [0.15, 0.2) is 11.5 Å². The van der Waals surface area contributed by atoms with Crippen LogP contribution in [0.3, 0.4) is 0 Å². The number of phenolic OH excluding ortho intramolecular Hbond substituents is 1. The maximum atomic E-state index is 13.5. The fourth-order valence-electron chi connectivity index (χ4n) is 1.68. The highest BCUT2D eigenvalue weighted by Crippen LogP contribution is 2.27. The van der Waals surface area contributed by atoms with E-state index in [0.29, 0.717) is 23.0 Å². The Morgan fingerprint density at radius 3 is 2.68 bits per heavy atom. The largest absolute Gasteiger partial charge is 0.504 e. The zero-order valence-electron chi connectivity index (χ0n) is 10.3. The third-order valence-corrected chi connectivity index (χ3v) is 2.89. The van der Waals surface area contributed by atoms with E-state index in [4.69, 9.17) is 16.3 Å². The van der Waals surface area contributed by atoms with Gasteiger partial charge in [-0.25, -0.2) is 4.39 Å². The number of hydrogen-bond acceptors (Lipinski definition) is 3. The lowest BCUT2D eigenvalue weighted by atomic mass is 10.2. The Hall–Kier alpha value is -1.94. The molecule has 2 aromatic rings. The molecule has 0 heterocycles. The maximum Gasteiger partial charge on any atom is 0.160 e. The maximum absolute atomic E-state index is 13.5. The van der Waals surface area contributed by atoms with Crippen LogP contribution in [0.1, 0.15) is 5.56 Å². The number of ether oxygens (including phenoxy) is 1. The third-order valence-electron chi connectivity index (χ3n) is 2.66. The van der Waals surface area contributed by atoms with Crippen molar-refractivity contribution in [3.05, 3.63) is 52.8 Å². The van der Waals surface area contributed by atoms with Gasteiger partial charge in [-0.15, -0.1) is 0 Å². The lowest BCUT2D eigenvalue weighted by Crippen LogP contribution is -2.01. The first-order chi connectivity index (χ1) is 9.10. The normalized spacial score (nSPS) is 10.3. The van der Waals surface area contributed by atoms with Crippen molar-refractivity contribution in [2.45, 2.75) is 6.54 Å². The molecule has 0 saturated carbocycles. The monoisotopic (exact) mass is 281 g/mol. The van der Waals surface area contributed by atoms with Gasteiger partial charge in [0, 0.05) is 11.6 Å². The Kier molecular flexibility index (Phi) is 4.12. The van der Waals surface area contributed by atoms with E-state index >= 15 is 0 Å². The van der Waals surface area contributed by atoms with Gasteiger partial charge in [0.1, 0.15) is 5.82 Å². The number of methoxy groups -OCH3 is 1. The van der Waals surface area contributed by atoms with Gasteiger partial charge in [-0.1, -0.05) is 17.7 Å². The molecule has 19 heavy (non-hydrogen) atoms. The first kappa shape index (κ1) is 13.5. The van der Waals surface area contributed by atoms with Crippen molar-refractivity contribution in [1.82, 2.24) is 0 Å². The summed E-state index contributed by atoms with van der Waals surface area (Å²) in [7, 11) is 1.48. The van der Waals surface area contributed by atoms with Crippen LogP contribution in [0.15, 0.2) is 36.4 Å². The molecule has 0 aliphatic heterocycles. The van der Waals surface area contributed by atoms with E-state index in [2.05, 4.69) is 5.32 Å². The summed E-state index contributed by atoms with van der Waals surface area (Å²) in [6.45, 7) is 0.385. The van der Waals surface area contributed by atoms with Crippen LogP contribution < -0.4 is 10.1 Å². The molecule has 0 amide bonds. The van der Waals surface area contributed by atoms with Gasteiger partial charge >= 0.3 is 0 Å². The zero-order valence-corrected chi connectivity index (χ0v) is 11.0. The van der Waals surface area contributed by atoms with Crippen LogP contribution in [-0.2, 0) is 6.54 Å². The number of rotatable bonds is 4. The van der Waals surface area contributed by atoms with Gasteiger partial charge in [0.25, 0.3) is 0 Å². The lowest BCUT2D eigenvalue weighted by molar-refractivity contribution is 0.373. The molecule has 2 N–H and O–H groups in total. The average Bonchev–Trinajstić information content (AvgIpc) is 2.38. The van der Waals surface area contributed by atoms with Crippen molar-refractivity contribution in [3.8, 4) is 11.5 Å². The van der Waals surface area contributed by atoms with Gasteiger partial charge < -0.3 is 15.2 Å². The van der Waals surface area contributed by atoms with Crippen LogP contribution in [0.2, 0.25) is 5.02 Å². The molecule has 0 aromatic heterocycles. The summed E-state index contributed by atoms with van der Waals surface area (Å²) in [6, 6.07) is 9.44. The van der Waals surface area contributed by atoms with Crippen molar-refractivity contribution in [3.63, 3.8) is 0 Å². The van der Waals surface area contributed by atoms with E-state index in [1.165, 1.54) is 13.2 Å². The second-order valence-corrected chi connectivity index (χ2v) is 4.42. The second-order valence-electron chi connectivity index (χ2n) is 3.98. The van der Waals surface area contributed by atoms with Crippen molar-refractivity contribution < 1.29 is 14.2 Å². The summed E-state index contributed by atoms with van der Waals surface area (Å²) >= 11 is 5.67. The van der Waals surface area contributed by atoms with Crippen LogP contribution >= 0.6 is 11.6 Å². The Bertz CT molecular complexity index is 590. The van der Waals surface area contributed by atoms with E-state index < -0.39 is 5.82 Å².